The Morgan fingerprint density at radius 2 is 1.82 bits per heavy atom. The lowest BCUT2D eigenvalue weighted by Gasteiger charge is -2.32. The molecule has 2 aromatic rings. The third kappa shape index (κ3) is 5.75. The summed E-state index contributed by atoms with van der Waals surface area (Å²) in [4.78, 5) is 61.9. The number of aromatic amines is 2. The Kier molecular flexibility index (Phi) is 8.25. The van der Waals surface area contributed by atoms with Crippen molar-refractivity contribution in [1.29, 1.82) is 0 Å². The maximum atomic E-state index is 12.9. The van der Waals surface area contributed by atoms with Crippen LogP contribution in [0.15, 0.2) is 37.6 Å². The van der Waals surface area contributed by atoms with Crippen LogP contribution in [0.2, 0.25) is 0 Å². The number of phosphoric ester groups is 1. The summed E-state index contributed by atoms with van der Waals surface area (Å²) in [5, 5.41) is 21.3. The molecule has 0 amide bonds. The molecule has 0 radical (unpaired) electrons. The van der Waals surface area contributed by atoms with Crippen molar-refractivity contribution in [1.82, 2.24) is 19.1 Å². The molecule has 0 bridgehead atoms. The quantitative estimate of drug-likeness (QED) is 0.141. The molecule has 2 aromatic heterocycles. The van der Waals surface area contributed by atoms with Crippen molar-refractivity contribution in [3.05, 3.63) is 65.7 Å². The minimum Gasteiger partial charge on any atom is -0.390 e. The summed E-state index contributed by atoms with van der Waals surface area (Å²) < 4.78 is 36.3. The van der Waals surface area contributed by atoms with Gasteiger partial charge in [0.25, 0.3) is 11.1 Å². The summed E-state index contributed by atoms with van der Waals surface area (Å²) >= 11 is 0. The number of phosphoric acid groups is 1. The van der Waals surface area contributed by atoms with E-state index in [-0.39, 0.29) is 12.0 Å². The van der Waals surface area contributed by atoms with Crippen LogP contribution in [0.3, 0.4) is 0 Å². The lowest BCUT2D eigenvalue weighted by molar-refractivity contribution is -0.0945. The number of aliphatic hydroxyl groups excluding tert-OH is 2. The van der Waals surface area contributed by atoms with Gasteiger partial charge in [-0.05, 0) is 6.92 Å². The van der Waals surface area contributed by atoms with Gasteiger partial charge in [0.15, 0.2) is 6.23 Å². The first-order chi connectivity index (χ1) is 18.3. The summed E-state index contributed by atoms with van der Waals surface area (Å²) in [5.41, 5.74) is 7.09. The van der Waals surface area contributed by atoms with E-state index in [1.807, 2.05) is 4.98 Å². The number of rotatable bonds is 9. The van der Waals surface area contributed by atoms with E-state index in [0.29, 0.717) is 0 Å². The summed E-state index contributed by atoms with van der Waals surface area (Å²) in [5.74, 6) is 0. The predicted molar refractivity (Wildman–Crippen MR) is 130 cm³/mol. The van der Waals surface area contributed by atoms with Gasteiger partial charge in [0.1, 0.15) is 30.1 Å². The summed E-state index contributed by atoms with van der Waals surface area (Å²) in [6.45, 7) is -0.00605. The molecule has 4 rings (SSSR count). The zero-order chi connectivity index (χ0) is 28.7. The fraction of sp³-hybridized carbons (Fsp3) is 0.600. The van der Waals surface area contributed by atoms with Crippen molar-refractivity contribution < 1.29 is 38.2 Å². The van der Waals surface area contributed by atoms with Crippen molar-refractivity contribution >= 4 is 7.82 Å². The molecule has 4 heterocycles. The van der Waals surface area contributed by atoms with Crippen LogP contribution in [0.4, 0.5) is 0 Å². The molecular formula is C20H29N6O12P. The standard InChI is InChI=1S/C20H29N6O12P/c1-9-5-26(19(32)24-16(9)30)13-4-10(27)11(36-13)6-35-39(33,34)38-15-14(29)17(37-20(15,7-21)8-22)25-3-2-12(28)23-18(25)31/h2-3,5,10-11,13-15,17,27,29H,4,6-8,21-22H2,1H3,(H,33,34)(H,23,28,31)(H,24,30,32)/t10-,11+,13+,14+,15-,17+/m0/s1. The number of nitrogens with two attached hydrogens (primary N) is 2. The number of hydrogen-bond donors (Lipinski definition) is 7. The second-order valence-corrected chi connectivity index (χ2v) is 10.6. The van der Waals surface area contributed by atoms with E-state index in [9.17, 15) is 38.8 Å². The van der Waals surface area contributed by atoms with E-state index in [0.717, 1.165) is 21.4 Å². The van der Waals surface area contributed by atoms with Crippen LogP contribution in [0, 0.1) is 6.92 Å². The second-order valence-electron chi connectivity index (χ2n) is 9.19. The topological polar surface area (TPSA) is 276 Å². The van der Waals surface area contributed by atoms with E-state index < -0.39 is 92.5 Å². The third-order valence-electron chi connectivity index (χ3n) is 6.60. The molecule has 18 nitrogen and oxygen atoms in total. The van der Waals surface area contributed by atoms with Gasteiger partial charge in [-0.15, -0.1) is 0 Å². The fourth-order valence-electron chi connectivity index (χ4n) is 4.43. The van der Waals surface area contributed by atoms with Crippen LogP contribution >= 0.6 is 7.82 Å². The van der Waals surface area contributed by atoms with Gasteiger partial charge in [0.05, 0.1) is 12.7 Å². The van der Waals surface area contributed by atoms with Gasteiger partial charge in [-0.2, -0.15) is 0 Å². The number of aromatic nitrogens is 4. The molecule has 1 unspecified atom stereocenters. The summed E-state index contributed by atoms with van der Waals surface area (Å²) in [6.07, 6.45) is -6.12. The van der Waals surface area contributed by atoms with Gasteiger partial charge in [0, 0.05) is 43.5 Å². The Labute approximate surface area is 218 Å². The number of hydrogen-bond acceptors (Lipinski definition) is 13. The molecule has 39 heavy (non-hydrogen) atoms. The predicted octanol–water partition coefficient (Wildman–Crippen LogP) is -3.91. The molecule has 0 saturated carbocycles. The maximum absolute atomic E-state index is 12.9. The van der Waals surface area contributed by atoms with Gasteiger partial charge in [0.2, 0.25) is 0 Å². The summed E-state index contributed by atoms with van der Waals surface area (Å²) in [6, 6.07) is 1.00. The molecule has 2 aliphatic heterocycles. The molecule has 2 aliphatic rings. The van der Waals surface area contributed by atoms with Crippen molar-refractivity contribution in [2.45, 2.75) is 55.8 Å². The van der Waals surface area contributed by atoms with Crippen LogP contribution in [0.1, 0.15) is 24.4 Å². The van der Waals surface area contributed by atoms with Crippen molar-refractivity contribution in [3.63, 3.8) is 0 Å². The van der Waals surface area contributed by atoms with Crippen LogP contribution in [-0.2, 0) is 23.1 Å². The van der Waals surface area contributed by atoms with Gasteiger partial charge in [-0.25, -0.2) is 14.2 Å². The highest BCUT2D eigenvalue weighted by Gasteiger charge is 2.57. The highest BCUT2D eigenvalue weighted by molar-refractivity contribution is 7.47. The Hall–Kier alpha value is -2.77. The van der Waals surface area contributed by atoms with Crippen molar-refractivity contribution in [2.75, 3.05) is 19.7 Å². The van der Waals surface area contributed by atoms with Crippen LogP contribution in [-0.4, -0.2) is 83.9 Å². The Morgan fingerprint density at radius 1 is 1.15 bits per heavy atom. The van der Waals surface area contributed by atoms with Crippen molar-refractivity contribution in [2.24, 2.45) is 11.5 Å². The molecule has 9 N–H and O–H groups in total. The number of nitrogens with zero attached hydrogens (tertiary/aromatic N) is 2. The first-order valence-electron chi connectivity index (χ1n) is 11.7. The molecule has 2 saturated heterocycles. The first-order valence-corrected chi connectivity index (χ1v) is 13.2. The molecule has 216 valence electrons. The van der Waals surface area contributed by atoms with E-state index in [1.54, 1.807) is 0 Å². The molecule has 0 spiro atoms. The Morgan fingerprint density at radius 3 is 2.46 bits per heavy atom. The normalized spacial score (nSPS) is 29.9. The van der Waals surface area contributed by atoms with E-state index >= 15 is 0 Å². The summed E-state index contributed by atoms with van der Waals surface area (Å²) in [7, 11) is -5.02. The number of aliphatic hydroxyl groups is 2. The molecule has 2 fully saturated rings. The highest BCUT2D eigenvalue weighted by atomic mass is 31.2. The van der Waals surface area contributed by atoms with Gasteiger partial charge < -0.3 is 36.0 Å². The zero-order valence-electron chi connectivity index (χ0n) is 20.5. The molecule has 19 heteroatoms. The second kappa shape index (κ2) is 11.0. The number of aryl methyl sites for hydroxylation is 1. The van der Waals surface area contributed by atoms with Crippen LogP contribution < -0.4 is 34.0 Å². The largest absolute Gasteiger partial charge is 0.472 e. The molecular weight excluding hydrogens is 547 g/mol. The number of ether oxygens (including phenoxy) is 2. The minimum atomic E-state index is -5.02. The Bertz CT molecular complexity index is 1480. The van der Waals surface area contributed by atoms with E-state index in [4.69, 9.17) is 30.0 Å². The van der Waals surface area contributed by atoms with Gasteiger partial charge in [-0.3, -0.25) is 37.7 Å². The molecule has 7 atom stereocenters. The SMILES string of the molecule is Cc1cn([C@H]2C[C@H](O)[C@@H](COP(=O)(O)O[C@H]3[C@@H](O)[C@H](n4ccc(=O)[nH]c4=O)OC3(CN)CN)O2)c(=O)[nH]c1=O. The maximum Gasteiger partial charge on any atom is 0.472 e. The van der Waals surface area contributed by atoms with Crippen molar-refractivity contribution in [3.8, 4) is 0 Å². The average Bonchev–Trinajstić information content (AvgIpc) is 3.37. The third-order valence-corrected chi connectivity index (χ3v) is 7.57. The van der Waals surface area contributed by atoms with E-state index in [1.165, 1.54) is 13.1 Å². The van der Waals surface area contributed by atoms with Crippen LogP contribution in [0.25, 0.3) is 0 Å². The monoisotopic (exact) mass is 576 g/mol. The van der Waals surface area contributed by atoms with Gasteiger partial charge in [-0.1, -0.05) is 0 Å². The minimum absolute atomic E-state index is 0.0930. The van der Waals surface area contributed by atoms with E-state index in [2.05, 4.69) is 4.98 Å². The zero-order valence-corrected chi connectivity index (χ0v) is 21.4. The number of nitrogens with one attached hydrogen (secondary N) is 2. The first kappa shape index (κ1) is 29.2. The molecule has 0 aliphatic carbocycles. The van der Waals surface area contributed by atoms with Crippen LogP contribution in [0.5, 0.6) is 0 Å². The lowest BCUT2D eigenvalue weighted by Crippen LogP contribution is -2.55. The highest BCUT2D eigenvalue weighted by Crippen LogP contribution is 2.51. The fourth-order valence-corrected chi connectivity index (χ4v) is 5.43. The number of H-pyrrole nitrogens is 2. The average molecular weight is 576 g/mol. The van der Waals surface area contributed by atoms with Gasteiger partial charge >= 0.3 is 19.2 Å². The molecule has 0 aromatic carbocycles. The smallest absolute Gasteiger partial charge is 0.390 e. The lowest BCUT2D eigenvalue weighted by atomic mass is 9.95. The Balaban J connectivity index is 1.47.